The van der Waals surface area contributed by atoms with Gasteiger partial charge in [-0.3, -0.25) is 10.1 Å². The molecule has 1 aliphatic heterocycles. The summed E-state index contributed by atoms with van der Waals surface area (Å²) in [7, 11) is 0. The van der Waals surface area contributed by atoms with E-state index >= 15 is 0 Å². The summed E-state index contributed by atoms with van der Waals surface area (Å²) in [4.78, 5) is 30.9. The number of rotatable bonds is 6. The molecule has 2 aromatic carbocycles. The number of aromatic nitrogens is 1. The molecule has 6 heteroatoms. The van der Waals surface area contributed by atoms with Crippen molar-refractivity contribution in [1.29, 1.82) is 0 Å². The van der Waals surface area contributed by atoms with Gasteiger partial charge in [0.25, 0.3) is 5.91 Å². The highest BCUT2D eigenvalue weighted by molar-refractivity contribution is 5.94. The molecule has 3 aromatic rings. The normalized spacial score (nSPS) is 12.7. The highest BCUT2D eigenvalue weighted by atomic mass is 16.2. The average Bonchev–Trinajstić information content (AvgIpc) is 2.82. The minimum Gasteiger partial charge on any atom is -0.352 e. The zero-order chi connectivity index (χ0) is 21.5. The zero-order valence-electron chi connectivity index (χ0n) is 17.4. The standard InChI is InChI=1S/C25H26N4O2/c30-24(26-15-6-9-19-7-2-1-3-8-19)21-12-13-23(27-17-21)28-25(31)29-16-14-20-10-4-5-11-22(20)18-29/h1-5,7-8,10-13,17H,6,9,14-16,18H2,(H,26,30)(H,27,28,31). The fraction of sp³-hybridized carbons (Fsp3) is 0.240. The van der Waals surface area contributed by atoms with E-state index in [1.54, 1.807) is 17.0 Å². The van der Waals surface area contributed by atoms with Crippen molar-refractivity contribution >= 4 is 17.8 Å². The van der Waals surface area contributed by atoms with Gasteiger partial charge in [0.15, 0.2) is 0 Å². The number of nitrogens with zero attached hydrogens (tertiary/aromatic N) is 2. The Morgan fingerprint density at radius 2 is 1.71 bits per heavy atom. The molecule has 0 bridgehead atoms. The van der Waals surface area contributed by atoms with Gasteiger partial charge >= 0.3 is 6.03 Å². The van der Waals surface area contributed by atoms with Gasteiger partial charge in [-0.25, -0.2) is 9.78 Å². The Bertz CT molecular complexity index is 1030. The maximum atomic E-state index is 12.6. The molecule has 0 radical (unpaired) electrons. The number of fused-ring (bicyclic) bond motifs is 1. The molecule has 0 aliphatic carbocycles. The molecule has 6 nitrogen and oxygen atoms in total. The lowest BCUT2D eigenvalue weighted by Gasteiger charge is -2.28. The first-order valence-electron chi connectivity index (χ1n) is 10.6. The summed E-state index contributed by atoms with van der Waals surface area (Å²) >= 11 is 0. The molecular formula is C25H26N4O2. The molecule has 3 amide bonds. The zero-order valence-corrected chi connectivity index (χ0v) is 17.4. The average molecular weight is 415 g/mol. The lowest BCUT2D eigenvalue weighted by atomic mass is 10.0. The molecule has 1 aliphatic rings. The van der Waals surface area contributed by atoms with E-state index in [1.165, 1.54) is 22.9 Å². The quantitative estimate of drug-likeness (QED) is 0.598. The molecule has 0 atom stereocenters. The third-order valence-corrected chi connectivity index (χ3v) is 5.45. The monoisotopic (exact) mass is 414 g/mol. The molecular weight excluding hydrogens is 388 g/mol. The van der Waals surface area contributed by atoms with Crippen molar-refractivity contribution < 1.29 is 9.59 Å². The van der Waals surface area contributed by atoms with Crippen LogP contribution in [0.3, 0.4) is 0 Å². The summed E-state index contributed by atoms with van der Waals surface area (Å²) in [6.45, 7) is 1.86. The van der Waals surface area contributed by atoms with Crippen molar-refractivity contribution in [2.45, 2.75) is 25.8 Å². The van der Waals surface area contributed by atoms with Crippen molar-refractivity contribution in [2.24, 2.45) is 0 Å². The highest BCUT2D eigenvalue weighted by Crippen LogP contribution is 2.19. The van der Waals surface area contributed by atoms with Crippen LogP contribution in [0, 0.1) is 0 Å². The molecule has 1 aromatic heterocycles. The number of benzene rings is 2. The summed E-state index contributed by atoms with van der Waals surface area (Å²) in [5.41, 5.74) is 4.21. The summed E-state index contributed by atoms with van der Waals surface area (Å²) in [6.07, 6.45) is 4.13. The molecule has 0 saturated heterocycles. The van der Waals surface area contributed by atoms with Crippen molar-refractivity contribution in [3.8, 4) is 0 Å². The topological polar surface area (TPSA) is 74.3 Å². The summed E-state index contributed by atoms with van der Waals surface area (Å²) in [5, 5.41) is 5.74. The van der Waals surface area contributed by atoms with E-state index in [1.807, 2.05) is 30.3 Å². The lowest BCUT2D eigenvalue weighted by molar-refractivity contribution is 0.0953. The van der Waals surface area contributed by atoms with E-state index in [2.05, 4.69) is 39.9 Å². The molecule has 158 valence electrons. The van der Waals surface area contributed by atoms with Gasteiger partial charge in [0.1, 0.15) is 5.82 Å². The minimum atomic E-state index is -0.180. The first-order chi connectivity index (χ1) is 15.2. The second-order valence-corrected chi connectivity index (χ2v) is 7.65. The van der Waals surface area contributed by atoms with Crippen LogP contribution < -0.4 is 10.6 Å². The second kappa shape index (κ2) is 9.89. The van der Waals surface area contributed by atoms with Gasteiger partial charge in [-0.2, -0.15) is 0 Å². The van der Waals surface area contributed by atoms with E-state index in [-0.39, 0.29) is 11.9 Å². The lowest BCUT2D eigenvalue weighted by Crippen LogP contribution is -2.39. The van der Waals surface area contributed by atoms with Crippen LogP contribution in [0.15, 0.2) is 72.9 Å². The van der Waals surface area contributed by atoms with Crippen LogP contribution >= 0.6 is 0 Å². The number of pyridine rings is 1. The van der Waals surface area contributed by atoms with Crippen molar-refractivity contribution in [3.63, 3.8) is 0 Å². The Morgan fingerprint density at radius 3 is 2.48 bits per heavy atom. The maximum Gasteiger partial charge on any atom is 0.323 e. The largest absolute Gasteiger partial charge is 0.352 e. The first-order valence-corrected chi connectivity index (χ1v) is 10.6. The van der Waals surface area contributed by atoms with Crippen LogP contribution in [0.4, 0.5) is 10.6 Å². The smallest absolute Gasteiger partial charge is 0.323 e. The van der Waals surface area contributed by atoms with Crippen molar-refractivity contribution in [3.05, 3.63) is 95.2 Å². The predicted octanol–water partition coefficient (Wildman–Crippen LogP) is 4.03. The third kappa shape index (κ3) is 5.48. The fourth-order valence-corrected chi connectivity index (χ4v) is 3.70. The number of anilines is 1. The number of carbonyl (C=O) groups is 2. The molecule has 31 heavy (non-hydrogen) atoms. The number of nitrogens with one attached hydrogen (secondary N) is 2. The van der Waals surface area contributed by atoms with Crippen molar-refractivity contribution in [2.75, 3.05) is 18.4 Å². The minimum absolute atomic E-state index is 0.161. The van der Waals surface area contributed by atoms with E-state index in [0.717, 1.165) is 19.3 Å². The Labute approximate surface area is 182 Å². The van der Waals surface area contributed by atoms with Crippen LogP contribution in [-0.4, -0.2) is 34.9 Å². The van der Waals surface area contributed by atoms with Gasteiger partial charge in [-0.15, -0.1) is 0 Å². The van der Waals surface area contributed by atoms with E-state index in [0.29, 0.717) is 31.0 Å². The molecule has 4 rings (SSSR count). The highest BCUT2D eigenvalue weighted by Gasteiger charge is 2.20. The molecule has 0 saturated carbocycles. The fourth-order valence-electron chi connectivity index (χ4n) is 3.70. The third-order valence-electron chi connectivity index (χ3n) is 5.45. The number of amides is 3. The van der Waals surface area contributed by atoms with Crippen molar-refractivity contribution in [1.82, 2.24) is 15.2 Å². The molecule has 2 heterocycles. The predicted molar refractivity (Wildman–Crippen MR) is 121 cm³/mol. The molecule has 0 spiro atoms. The van der Waals surface area contributed by atoms with Gasteiger partial charge in [-0.05, 0) is 48.1 Å². The van der Waals surface area contributed by atoms with Crippen LogP contribution in [0.2, 0.25) is 0 Å². The van der Waals surface area contributed by atoms with Crippen LogP contribution in [-0.2, 0) is 19.4 Å². The Balaban J connectivity index is 1.24. The Morgan fingerprint density at radius 1 is 0.935 bits per heavy atom. The van der Waals surface area contributed by atoms with Crippen LogP contribution in [0.5, 0.6) is 0 Å². The second-order valence-electron chi connectivity index (χ2n) is 7.65. The number of hydrogen-bond acceptors (Lipinski definition) is 3. The number of carbonyl (C=O) groups excluding carboxylic acids is 2. The van der Waals surface area contributed by atoms with E-state index in [9.17, 15) is 9.59 Å². The Hall–Kier alpha value is -3.67. The van der Waals surface area contributed by atoms with Gasteiger partial charge in [0.2, 0.25) is 0 Å². The number of hydrogen-bond donors (Lipinski definition) is 2. The first kappa shape index (κ1) is 20.6. The number of urea groups is 1. The van der Waals surface area contributed by atoms with Crippen LogP contribution in [0.25, 0.3) is 0 Å². The molecule has 0 unspecified atom stereocenters. The van der Waals surface area contributed by atoms with Gasteiger partial charge in [0.05, 0.1) is 5.56 Å². The summed E-state index contributed by atoms with van der Waals surface area (Å²) in [6, 6.07) is 21.5. The van der Waals surface area contributed by atoms with Gasteiger partial charge < -0.3 is 10.2 Å². The van der Waals surface area contributed by atoms with Gasteiger partial charge in [-0.1, -0.05) is 54.6 Å². The van der Waals surface area contributed by atoms with E-state index in [4.69, 9.17) is 0 Å². The van der Waals surface area contributed by atoms with Gasteiger partial charge in [0, 0.05) is 25.8 Å². The number of aryl methyl sites for hydroxylation is 1. The summed E-state index contributed by atoms with van der Waals surface area (Å²) in [5.74, 6) is 0.274. The summed E-state index contributed by atoms with van der Waals surface area (Å²) < 4.78 is 0. The maximum absolute atomic E-state index is 12.6. The SMILES string of the molecule is O=C(NCCCc1ccccc1)c1ccc(NC(=O)N2CCc3ccccc3C2)nc1. The molecule has 2 N–H and O–H groups in total. The van der Waals surface area contributed by atoms with E-state index < -0.39 is 0 Å². The Kier molecular flexibility index (Phi) is 6.57. The van der Waals surface area contributed by atoms with Crippen LogP contribution in [0.1, 0.15) is 33.5 Å². The molecule has 0 fully saturated rings.